The molecule has 0 aliphatic carbocycles. The standard InChI is InChI=1S/C14H12F3N3O3S/c1-2-7(12-20-10(6-24-12)14(15,16)17)19-11(21)8-4-3-5-9(18-8)13(22)23/h3-7H,2H2,1H3,(H,19,21)(H,22,23). The van der Waals surface area contributed by atoms with Gasteiger partial charge in [-0.05, 0) is 18.6 Å². The van der Waals surface area contributed by atoms with Crippen LogP contribution in [0.15, 0.2) is 23.6 Å². The molecule has 10 heteroatoms. The average molecular weight is 359 g/mol. The third-order valence-electron chi connectivity index (χ3n) is 3.02. The Morgan fingerprint density at radius 3 is 2.50 bits per heavy atom. The number of amides is 1. The molecule has 0 aromatic carbocycles. The van der Waals surface area contributed by atoms with Crippen LogP contribution in [0.4, 0.5) is 13.2 Å². The fraction of sp³-hybridized carbons (Fsp3) is 0.286. The molecule has 6 nitrogen and oxygen atoms in total. The van der Waals surface area contributed by atoms with Gasteiger partial charge in [0.25, 0.3) is 5.91 Å². The first-order valence-electron chi connectivity index (χ1n) is 6.76. The van der Waals surface area contributed by atoms with Crippen LogP contribution in [-0.4, -0.2) is 27.0 Å². The van der Waals surface area contributed by atoms with Crippen LogP contribution in [0.3, 0.4) is 0 Å². The summed E-state index contributed by atoms with van der Waals surface area (Å²) in [7, 11) is 0. The second kappa shape index (κ2) is 6.95. The van der Waals surface area contributed by atoms with Gasteiger partial charge in [0.1, 0.15) is 16.4 Å². The number of thiazole rings is 1. The van der Waals surface area contributed by atoms with Gasteiger partial charge >= 0.3 is 12.1 Å². The number of carbonyl (C=O) groups is 2. The highest BCUT2D eigenvalue weighted by molar-refractivity contribution is 7.09. The third kappa shape index (κ3) is 4.07. The normalized spacial score (nSPS) is 12.7. The van der Waals surface area contributed by atoms with Gasteiger partial charge < -0.3 is 10.4 Å². The van der Waals surface area contributed by atoms with E-state index in [9.17, 15) is 22.8 Å². The lowest BCUT2D eigenvalue weighted by Crippen LogP contribution is -2.29. The summed E-state index contributed by atoms with van der Waals surface area (Å²) >= 11 is 0.794. The zero-order chi connectivity index (χ0) is 17.9. The molecule has 0 saturated heterocycles. The Labute approximate surface area is 138 Å². The number of aromatic nitrogens is 2. The van der Waals surface area contributed by atoms with Crippen LogP contribution in [0.2, 0.25) is 0 Å². The van der Waals surface area contributed by atoms with Crippen LogP contribution in [0.5, 0.6) is 0 Å². The number of carboxylic acids is 1. The molecule has 1 atom stereocenters. The van der Waals surface area contributed by atoms with Crippen LogP contribution < -0.4 is 5.32 Å². The quantitative estimate of drug-likeness (QED) is 0.856. The molecular weight excluding hydrogens is 347 g/mol. The molecule has 0 saturated carbocycles. The van der Waals surface area contributed by atoms with Gasteiger partial charge in [0.05, 0.1) is 6.04 Å². The molecule has 2 rings (SSSR count). The molecular formula is C14H12F3N3O3S. The molecule has 2 heterocycles. The number of nitrogens with zero attached hydrogens (tertiary/aromatic N) is 2. The fourth-order valence-corrected chi connectivity index (χ4v) is 2.79. The summed E-state index contributed by atoms with van der Waals surface area (Å²) in [4.78, 5) is 30.2. The summed E-state index contributed by atoms with van der Waals surface area (Å²) in [5.74, 6) is -1.97. The second-order valence-electron chi connectivity index (χ2n) is 4.72. The number of nitrogens with one attached hydrogen (secondary N) is 1. The highest BCUT2D eigenvalue weighted by Crippen LogP contribution is 2.32. The van der Waals surface area contributed by atoms with E-state index in [1.165, 1.54) is 18.2 Å². The van der Waals surface area contributed by atoms with Crippen LogP contribution in [-0.2, 0) is 6.18 Å². The van der Waals surface area contributed by atoms with Crippen molar-refractivity contribution in [1.29, 1.82) is 0 Å². The van der Waals surface area contributed by atoms with Gasteiger partial charge in [-0.1, -0.05) is 13.0 Å². The zero-order valence-electron chi connectivity index (χ0n) is 12.3. The van der Waals surface area contributed by atoms with Gasteiger partial charge in [-0.2, -0.15) is 13.2 Å². The minimum Gasteiger partial charge on any atom is -0.477 e. The molecule has 128 valence electrons. The first-order chi connectivity index (χ1) is 11.2. The van der Waals surface area contributed by atoms with Crippen molar-refractivity contribution in [3.63, 3.8) is 0 Å². The number of rotatable bonds is 5. The molecule has 2 aromatic heterocycles. The van der Waals surface area contributed by atoms with Gasteiger partial charge in [-0.25, -0.2) is 14.8 Å². The van der Waals surface area contributed by atoms with Crippen LogP contribution in [0.25, 0.3) is 0 Å². The fourth-order valence-electron chi connectivity index (χ4n) is 1.83. The molecule has 0 aliphatic rings. The Balaban J connectivity index is 2.18. The molecule has 1 unspecified atom stereocenters. The first kappa shape index (κ1) is 17.9. The molecule has 1 amide bonds. The number of alkyl halides is 3. The van der Waals surface area contributed by atoms with Gasteiger partial charge in [0.15, 0.2) is 5.69 Å². The number of carbonyl (C=O) groups excluding carboxylic acids is 1. The van der Waals surface area contributed by atoms with Crippen molar-refractivity contribution in [3.05, 3.63) is 45.7 Å². The highest BCUT2D eigenvalue weighted by atomic mass is 32.1. The minimum atomic E-state index is -4.55. The molecule has 0 spiro atoms. The second-order valence-corrected chi connectivity index (χ2v) is 5.61. The summed E-state index contributed by atoms with van der Waals surface area (Å²) in [6.07, 6.45) is -4.23. The maximum absolute atomic E-state index is 12.6. The van der Waals surface area contributed by atoms with Gasteiger partial charge in [-0.3, -0.25) is 4.79 Å². The summed E-state index contributed by atoms with van der Waals surface area (Å²) in [5.41, 5.74) is -1.45. The Bertz CT molecular complexity index is 761. The predicted octanol–water partition coefficient (Wildman–Crippen LogP) is 3.14. The number of hydrogen-bond donors (Lipinski definition) is 2. The lowest BCUT2D eigenvalue weighted by atomic mass is 10.2. The lowest BCUT2D eigenvalue weighted by molar-refractivity contribution is -0.140. The molecule has 0 aliphatic heterocycles. The largest absolute Gasteiger partial charge is 0.477 e. The SMILES string of the molecule is CCC(NC(=O)c1cccc(C(=O)O)n1)c1nc(C(F)(F)F)cs1. The summed E-state index contributed by atoms with van der Waals surface area (Å²) in [6, 6.07) is 3.18. The summed E-state index contributed by atoms with van der Waals surface area (Å²) in [5, 5.41) is 12.4. The van der Waals surface area contributed by atoms with Gasteiger partial charge in [0, 0.05) is 5.38 Å². The van der Waals surface area contributed by atoms with E-state index in [4.69, 9.17) is 5.11 Å². The average Bonchev–Trinajstić information content (AvgIpc) is 3.02. The van der Waals surface area contributed by atoms with Crippen LogP contribution >= 0.6 is 11.3 Å². The van der Waals surface area contributed by atoms with E-state index < -0.39 is 29.8 Å². The number of hydrogen-bond acceptors (Lipinski definition) is 5. The summed E-state index contributed by atoms with van der Waals surface area (Å²) in [6.45, 7) is 1.68. The maximum atomic E-state index is 12.6. The maximum Gasteiger partial charge on any atom is 0.434 e. The van der Waals surface area contributed by atoms with E-state index >= 15 is 0 Å². The Kier molecular flexibility index (Phi) is 5.17. The highest BCUT2D eigenvalue weighted by Gasteiger charge is 2.34. The van der Waals surface area contributed by atoms with Crippen molar-refractivity contribution >= 4 is 23.2 Å². The Morgan fingerprint density at radius 1 is 1.29 bits per heavy atom. The number of halogens is 3. The van der Waals surface area contributed by atoms with E-state index in [2.05, 4.69) is 15.3 Å². The van der Waals surface area contributed by atoms with Crippen molar-refractivity contribution in [2.75, 3.05) is 0 Å². The van der Waals surface area contributed by atoms with Crippen molar-refractivity contribution in [1.82, 2.24) is 15.3 Å². The van der Waals surface area contributed by atoms with E-state index in [1.807, 2.05) is 0 Å². The van der Waals surface area contributed by atoms with E-state index in [0.29, 0.717) is 6.42 Å². The molecule has 2 N–H and O–H groups in total. The molecule has 24 heavy (non-hydrogen) atoms. The number of carboxylic acid groups (broad SMARTS) is 1. The number of aromatic carboxylic acids is 1. The van der Waals surface area contributed by atoms with E-state index in [-0.39, 0.29) is 16.4 Å². The van der Waals surface area contributed by atoms with Crippen LogP contribution in [0.1, 0.15) is 51.1 Å². The Hall–Kier alpha value is -2.49. The molecule has 0 fully saturated rings. The third-order valence-corrected chi connectivity index (χ3v) is 3.98. The first-order valence-corrected chi connectivity index (χ1v) is 7.64. The van der Waals surface area contributed by atoms with E-state index in [0.717, 1.165) is 16.7 Å². The topological polar surface area (TPSA) is 92.2 Å². The van der Waals surface area contributed by atoms with E-state index in [1.54, 1.807) is 6.92 Å². The zero-order valence-corrected chi connectivity index (χ0v) is 13.1. The van der Waals surface area contributed by atoms with Crippen molar-refractivity contribution in [2.45, 2.75) is 25.6 Å². The van der Waals surface area contributed by atoms with Gasteiger partial charge in [-0.15, -0.1) is 11.3 Å². The number of pyridine rings is 1. The Morgan fingerprint density at radius 2 is 1.96 bits per heavy atom. The lowest BCUT2D eigenvalue weighted by Gasteiger charge is -2.14. The monoisotopic (exact) mass is 359 g/mol. The van der Waals surface area contributed by atoms with Gasteiger partial charge in [0.2, 0.25) is 0 Å². The molecule has 0 bridgehead atoms. The van der Waals surface area contributed by atoms with Crippen molar-refractivity contribution in [3.8, 4) is 0 Å². The van der Waals surface area contributed by atoms with Crippen molar-refractivity contribution in [2.24, 2.45) is 0 Å². The summed E-state index contributed by atoms with van der Waals surface area (Å²) < 4.78 is 37.8. The van der Waals surface area contributed by atoms with Crippen LogP contribution in [0, 0.1) is 0 Å². The predicted molar refractivity (Wildman–Crippen MR) is 78.8 cm³/mol. The molecule has 2 aromatic rings. The van der Waals surface area contributed by atoms with Crippen molar-refractivity contribution < 1.29 is 27.9 Å². The minimum absolute atomic E-state index is 0.118. The molecule has 0 radical (unpaired) electrons. The smallest absolute Gasteiger partial charge is 0.434 e.